The van der Waals surface area contributed by atoms with Gasteiger partial charge in [-0.2, -0.15) is 0 Å². The second-order valence-electron chi connectivity index (χ2n) is 8.00. The molecule has 2 aliphatic rings. The second kappa shape index (κ2) is 8.54. The van der Waals surface area contributed by atoms with Crippen LogP contribution in [-0.4, -0.2) is 49.0 Å². The summed E-state index contributed by atoms with van der Waals surface area (Å²) < 4.78 is 17.4. The molecule has 5 rings (SSSR count). The maximum atomic E-state index is 10.7. The lowest BCUT2D eigenvalue weighted by Gasteiger charge is -2.28. The number of benzene rings is 3. The van der Waals surface area contributed by atoms with Gasteiger partial charge in [0, 0.05) is 18.0 Å². The second-order valence-corrected chi connectivity index (χ2v) is 8.00. The topological polar surface area (TPSA) is 51.2 Å². The van der Waals surface area contributed by atoms with Gasteiger partial charge in [0.15, 0.2) is 11.5 Å². The van der Waals surface area contributed by atoms with Gasteiger partial charge < -0.3 is 19.3 Å². The SMILES string of the molecule is OC(COc1cccc2ccccc12)CN1CCCC1c1ccc2c(c1)OCCO2. The van der Waals surface area contributed by atoms with Crippen molar-refractivity contribution in [3.8, 4) is 17.2 Å². The summed E-state index contributed by atoms with van der Waals surface area (Å²) in [6.45, 7) is 3.03. The number of aliphatic hydroxyl groups excluding tert-OH is 1. The van der Waals surface area contributed by atoms with Crippen LogP contribution in [0.4, 0.5) is 0 Å². The Morgan fingerprint density at radius 1 is 1.00 bits per heavy atom. The maximum Gasteiger partial charge on any atom is 0.161 e. The van der Waals surface area contributed by atoms with Gasteiger partial charge in [0.2, 0.25) is 0 Å². The summed E-state index contributed by atoms with van der Waals surface area (Å²) in [5.74, 6) is 2.46. The molecule has 30 heavy (non-hydrogen) atoms. The van der Waals surface area contributed by atoms with Crippen molar-refractivity contribution in [2.24, 2.45) is 0 Å². The van der Waals surface area contributed by atoms with E-state index in [0.717, 1.165) is 47.4 Å². The molecular weight excluding hydrogens is 378 g/mol. The monoisotopic (exact) mass is 405 g/mol. The molecule has 0 amide bonds. The van der Waals surface area contributed by atoms with Crippen molar-refractivity contribution in [1.82, 2.24) is 4.90 Å². The van der Waals surface area contributed by atoms with E-state index in [-0.39, 0.29) is 12.6 Å². The lowest BCUT2D eigenvalue weighted by atomic mass is 10.0. The van der Waals surface area contributed by atoms with E-state index in [1.54, 1.807) is 0 Å². The average Bonchev–Trinajstić information content (AvgIpc) is 3.25. The molecule has 0 radical (unpaired) electrons. The highest BCUT2D eigenvalue weighted by atomic mass is 16.6. The number of ether oxygens (including phenoxy) is 3. The number of rotatable bonds is 6. The van der Waals surface area contributed by atoms with Gasteiger partial charge in [-0.05, 0) is 48.5 Å². The minimum atomic E-state index is -0.554. The van der Waals surface area contributed by atoms with Gasteiger partial charge in [0.25, 0.3) is 0 Å². The van der Waals surface area contributed by atoms with Crippen LogP contribution in [0, 0.1) is 0 Å². The largest absolute Gasteiger partial charge is 0.490 e. The van der Waals surface area contributed by atoms with Gasteiger partial charge in [-0.15, -0.1) is 0 Å². The third-order valence-electron chi connectivity index (χ3n) is 5.94. The predicted octanol–water partition coefficient (Wildman–Crippen LogP) is 4.19. The van der Waals surface area contributed by atoms with Crippen molar-refractivity contribution in [3.63, 3.8) is 0 Å². The number of aliphatic hydroxyl groups is 1. The lowest BCUT2D eigenvalue weighted by Crippen LogP contribution is -2.35. The number of hydrogen-bond acceptors (Lipinski definition) is 5. The molecule has 0 saturated carbocycles. The van der Waals surface area contributed by atoms with Gasteiger partial charge in [0.05, 0.1) is 0 Å². The van der Waals surface area contributed by atoms with Crippen molar-refractivity contribution in [2.75, 3.05) is 32.9 Å². The van der Waals surface area contributed by atoms with E-state index in [1.165, 1.54) is 5.56 Å². The van der Waals surface area contributed by atoms with E-state index in [9.17, 15) is 5.11 Å². The molecular formula is C25H27NO4. The molecule has 2 aliphatic heterocycles. The molecule has 2 atom stereocenters. The Balaban J connectivity index is 1.23. The Kier molecular flexibility index (Phi) is 5.47. The first-order valence-electron chi connectivity index (χ1n) is 10.7. The zero-order chi connectivity index (χ0) is 20.3. The van der Waals surface area contributed by atoms with Crippen LogP contribution < -0.4 is 14.2 Å². The number of nitrogens with zero attached hydrogens (tertiary/aromatic N) is 1. The summed E-state index contributed by atoms with van der Waals surface area (Å²) in [7, 11) is 0. The predicted molar refractivity (Wildman–Crippen MR) is 116 cm³/mol. The first-order valence-corrected chi connectivity index (χ1v) is 10.7. The minimum Gasteiger partial charge on any atom is -0.490 e. The molecule has 2 unspecified atom stereocenters. The quantitative estimate of drug-likeness (QED) is 0.667. The van der Waals surface area contributed by atoms with Crippen LogP contribution >= 0.6 is 0 Å². The van der Waals surface area contributed by atoms with Crippen LogP contribution in [0.2, 0.25) is 0 Å². The van der Waals surface area contributed by atoms with Crippen molar-refractivity contribution in [3.05, 3.63) is 66.2 Å². The molecule has 0 aliphatic carbocycles. The highest BCUT2D eigenvalue weighted by Crippen LogP contribution is 2.38. The highest BCUT2D eigenvalue weighted by Gasteiger charge is 2.29. The van der Waals surface area contributed by atoms with Gasteiger partial charge in [-0.1, -0.05) is 42.5 Å². The Labute approximate surface area is 176 Å². The number of hydrogen-bond donors (Lipinski definition) is 1. The maximum absolute atomic E-state index is 10.7. The first-order chi connectivity index (χ1) is 14.8. The smallest absolute Gasteiger partial charge is 0.161 e. The third kappa shape index (κ3) is 3.95. The summed E-state index contributed by atoms with van der Waals surface area (Å²) in [5, 5.41) is 12.9. The fourth-order valence-electron chi connectivity index (χ4n) is 4.52. The zero-order valence-corrected chi connectivity index (χ0v) is 17.0. The van der Waals surface area contributed by atoms with Crippen molar-refractivity contribution in [2.45, 2.75) is 25.0 Å². The standard InChI is InChI=1S/C25H27NO4/c27-20(17-30-23-9-3-6-18-5-1-2-7-21(18)23)16-26-12-4-8-22(26)19-10-11-24-25(15-19)29-14-13-28-24/h1-3,5-7,9-11,15,20,22,27H,4,8,12-14,16-17H2. The molecule has 0 bridgehead atoms. The molecule has 1 N–H and O–H groups in total. The molecule has 5 nitrogen and oxygen atoms in total. The summed E-state index contributed by atoms with van der Waals surface area (Å²) in [6, 6.07) is 20.7. The molecule has 1 fully saturated rings. The van der Waals surface area contributed by atoms with Crippen LogP contribution in [0.3, 0.4) is 0 Å². The Bertz CT molecular complexity index is 1020. The molecule has 0 spiro atoms. The number of likely N-dealkylation sites (tertiary alicyclic amines) is 1. The summed E-state index contributed by atoms with van der Waals surface area (Å²) in [5.41, 5.74) is 1.22. The van der Waals surface area contributed by atoms with Crippen LogP contribution in [0.25, 0.3) is 10.8 Å². The molecule has 3 aromatic rings. The van der Waals surface area contributed by atoms with Crippen LogP contribution in [0.15, 0.2) is 60.7 Å². The van der Waals surface area contributed by atoms with Crippen molar-refractivity contribution in [1.29, 1.82) is 0 Å². The highest BCUT2D eigenvalue weighted by molar-refractivity contribution is 5.88. The first kappa shape index (κ1) is 19.2. The molecule has 3 aromatic carbocycles. The van der Waals surface area contributed by atoms with Crippen LogP contribution in [0.1, 0.15) is 24.4 Å². The van der Waals surface area contributed by atoms with Gasteiger partial charge in [-0.25, -0.2) is 0 Å². The molecule has 156 valence electrons. The molecule has 2 heterocycles. The van der Waals surface area contributed by atoms with E-state index in [2.05, 4.69) is 35.2 Å². The summed E-state index contributed by atoms with van der Waals surface area (Å²) in [6.07, 6.45) is 1.65. The van der Waals surface area contributed by atoms with Crippen molar-refractivity contribution < 1.29 is 19.3 Å². The fourth-order valence-corrected chi connectivity index (χ4v) is 4.52. The third-order valence-corrected chi connectivity index (χ3v) is 5.94. The minimum absolute atomic E-state index is 0.276. The normalized spacial score (nSPS) is 19.7. The average molecular weight is 405 g/mol. The van der Waals surface area contributed by atoms with Crippen LogP contribution in [-0.2, 0) is 0 Å². The number of fused-ring (bicyclic) bond motifs is 2. The molecule has 1 saturated heterocycles. The molecule has 0 aromatic heterocycles. The Morgan fingerprint density at radius 2 is 1.83 bits per heavy atom. The fraction of sp³-hybridized carbons (Fsp3) is 0.360. The van der Waals surface area contributed by atoms with Gasteiger partial charge >= 0.3 is 0 Å². The van der Waals surface area contributed by atoms with E-state index in [4.69, 9.17) is 14.2 Å². The van der Waals surface area contributed by atoms with E-state index < -0.39 is 6.10 Å². The van der Waals surface area contributed by atoms with E-state index in [1.807, 2.05) is 30.3 Å². The number of β-amino-alcohol motifs (C(OH)–C–C–N with tert-alkyl or cyclic N) is 1. The molecule has 5 heteroatoms. The lowest BCUT2D eigenvalue weighted by molar-refractivity contribution is 0.0643. The van der Waals surface area contributed by atoms with E-state index >= 15 is 0 Å². The summed E-state index contributed by atoms with van der Waals surface area (Å²) >= 11 is 0. The summed E-state index contributed by atoms with van der Waals surface area (Å²) in [4.78, 5) is 2.35. The Morgan fingerprint density at radius 3 is 2.77 bits per heavy atom. The van der Waals surface area contributed by atoms with E-state index in [0.29, 0.717) is 19.8 Å². The zero-order valence-electron chi connectivity index (χ0n) is 17.0. The van der Waals surface area contributed by atoms with Crippen LogP contribution in [0.5, 0.6) is 17.2 Å². The van der Waals surface area contributed by atoms with Gasteiger partial charge in [-0.3, -0.25) is 4.90 Å². The Hall–Kier alpha value is -2.76. The van der Waals surface area contributed by atoms with Gasteiger partial charge in [0.1, 0.15) is 31.7 Å². The van der Waals surface area contributed by atoms with Crippen molar-refractivity contribution >= 4 is 10.8 Å².